The zero-order valence-electron chi connectivity index (χ0n) is 15.0. The van der Waals surface area contributed by atoms with Gasteiger partial charge < -0.3 is 4.42 Å². The number of fused-ring (bicyclic) bond motifs is 1. The number of rotatable bonds is 5. The highest BCUT2D eigenvalue weighted by atomic mass is 35.5. The van der Waals surface area contributed by atoms with E-state index in [1.807, 2.05) is 24.3 Å². The molecule has 0 aliphatic rings. The Hall–Kier alpha value is -2.59. The first-order valence-electron chi connectivity index (χ1n) is 8.49. The summed E-state index contributed by atoms with van der Waals surface area (Å²) in [5.74, 6) is -0.616. The minimum absolute atomic E-state index is 0.0251. The Balaban J connectivity index is 1.32. The largest absolute Gasteiger partial charge is 0.410 e. The summed E-state index contributed by atoms with van der Waals surface area (Å²) in [5, 5.41) is 10.2. The SMILES string of the molecule is O=C(CSc1nnc(-c2sc3ccccc3c2Cl)o1)NNC(=O)c1ccc(Cl)cc1. The first kappa shape index (κ1) is 20.7. The molecule has 4 aromatic rings. The number of hydrogen-bond donors (Lipinski definition) is 2. The molecule has 0 bridgehead atoms. The number of thiophene rings is 1. The van der Waals surface area contributed by atoms with E-state index in [0.29, 0.717) is 26.4 Å². The molecule has 4 rings (SSSR count). The van der Waals surface area contributed by atoms with Crippen molar-refractivity contribution < 1.29 is 14.0 Å². The minimum atomic E-state index is -0.454. The Bertz CT molecular complexity index is 1220. The summed E-state index contributed by atoms with van der Waals surface area (Å²) in [4.78, 5) is 24.6. The van der Waals surface area contributed by atoms with Crippen molar-refractivity contribution in [3.05, 3.63) is 64.1 Å². The van der Waals surface area contributed by atoms with Gasteiger partial charge in [-0.15, -0.1) is 21.5 Å². The molecule has 0 fully saturated rings. The molecule has 7 nitrogen and oxygen atoms in total. The molecule has 2 aromatic carbocycles. The quantitative estimate of drug-likeness (QED) is 0.315. The Morgan fingerprint density at radius 2 is 1.80 bits per heavy atom. The average Bonchev–Trinajstić information content (AvgIpc) is 3.36. The van der Waals surface area contributed by atoms with Crippen molar-refractivity contribution in [3.8, 4) is 10.8 Å². The molecule has 2 N–H and O–H groups in total. The van der Waals surface area contributed by atoms with Crippen molar-refractivity contribution in [1.29, 1.82) is 0 Å². The van der Waals surface area contributed by atoms with Crippen molar-refractivity contribution in [2.75, 3.05) is 5.75 Å². The lowest BCUT2D eigenvalue weighted by Gasteiger charge is -2.06. The third-order valence-electron chi connectivity index (χ3n) is 3.88. The van der Waals surface area contributed by atoms with Gasteiger partial charge in [0.25, 0.3) is 17.0 Å². The van der Waals surface area contributed by atoms with E-state index in [-0.39, 0.29) is 11.0 Å². The van der Waals surface area contributed by atoms with Gasteiger partial charge in [0.1, 0.15) is 4.88 Å². The van der Waals surface area contributed by atoms with E-state index in [1.165, 1.54) is 11.3 Å². The molecule has 11 heteroatoms. The van der Waals surface area contributed by atoms with Gasteiger partial charge in [0, 0.05) is 20.7 Å². The van der Waals surface area contributed by atoms with E-state index >= 15 is 0 Å². The van der Waals surface area contributed by atoms with Crippen molar-refractivity contribution in [2.45, 2.75) is 5.22 Å². The number of halogens is 2. The number of hydrogen-bond acceptors (Lipinski definition) is 7. The number of amides is 2. The van der Waals surface area contributed by atoms with Crippen LogP contribution in [0.4, 0.5) is 0 Å². The van der Waals surface area contributed by atoms with Gasteiger partial charge in [0.15, 0.2) is 0 Å². The highest BCUT2D eigenvalue weighted by molar-refractivity contribution is 7.99. The Kier molecular flexibility index (Phi) is 6.24. The fourth-order valence-electron chi connectivity index (χ4n) is 2.47. The number of benzene rings is 2. The predicted octanol–water partition coefficient (Wildman–Crippen LogP) is 4.81. The zero-order valence-corrected chi connectivity index (χ0v) is 18.2. The second-order valence-electron chi connectivity index (χ2n) is 5.91. The molecular formula is C19H12Cl2N4O3S2. The number of hydrazine groups is 1. The van der Waals surface area contributed by atoms with Crippen LogP contribution in [0.15, 0.2) is 58.2 Å². The second-order valence-corrected chi connectivity index (χ2v) is 8.71. The number of carbonyl (C=O) groups is 2. The number of thioether (sulfide) groups is 1. The molecule has 0 spiro atoms. The van der Waals surface area contributed by atoms with Gasteiger partial charge in [-0.3, -0.25) is 20.4 Å². The fourth-order valence-corrected chi connectivity index (χ4v) is 4.60. The molecular weight excluding hydrogens is 467 g/mol. The third kappa shape index (κ3) is 4.59. The number of aromatic nitrogens is 2. The van der Waals surface area contributed by atoms with Gasteiger partial charge in [0.2, 0.25) is 5.91 Å². The molecule has 0 aliphatic heterocycles. The van der Waals surface area contributed by atoms with Gasteiger partial charge in [-0.1, -0.05) is 53.2 Å². The maximum atomic E-state index is 12.0. The lowest BCUT2D eigenvalue weighted by atomic mass is 10.2. The zero-order chi connectivity index (χ0) is 21.1. The summed E-state index contributed by atoms with van der Waals surface area (Å²) in [7, 11) is 0. The van der Waals surface area contributed by atoms with Gasteiger partial charge >= 0.3 is 0 Å². The van der Waals surface area contributed by atoms with E-state index in [9.17, 15) is 9.59 Å². The topological polar surface area (TPSA) is 97.1 Å². The fraction of sp³-hybridized carbons (Fsp3) is 0.0526. The summed E-state index contributed by atoms with van der Waals surface area (Å²) in [6, 6.07) is 14.0. The molecule has 2 heterocycles. The van der Waals surface area contributed by atoms with Crippen molar-refractivity contribution >= 4 is 68.2 Å². The van der Waals surface area contributed by atoms with Gasteiger partial charge in [0.05, 0.1) is 10.8 Å². The molecule has 0 aliphatic carbocycles. The second kappa shape index (κ2) is 9.05. The molecule has 2 amide bonds. The molecule has 152 valence electrons. The molecule has 0 saturated heterocycles. The van der Waals surface area contributed by atoms with Crippen LogP contribution < -0.4 is 10.9 Å². The smallest absolute Gasteiger partial charge is 0.277 e. The Morgan fingerprint density at radius 1 is 1.03 bits per heavy atom. The number of nitrogens with zero attached hydrogens (tertiary/aromatic N) is 2. The summed E-state index contributed by atoms with van der Waals surface area (Å²) in [6.07, 6.45) is 0. The Morgan fingerprint density at radius 3 is 2.57 bits per heavy atom. The monoisotopic (exact) mass is 478 g/mol. The van der Waals surface area contributed by atoms with Crippen molar-refractivity contribution in [1.82, 2.24) is 21.0 Å². The lowest BCUT2D eigenvalue weighted by molar-refractivity contribution is -0.119. The summed E-state index contributed by atoms with van der Waals surface area (Å²) < 4.78 is 6.64. The molecule has 0 atom stereocenters. The summed E-state index contributed by atoms with van der Waals surface area (Å²) in [5.41, 5.74) is 5.03. The van der Waals surface area contributed by atoms with E-state index in [0.717, 1.165) is 21.8 Å². The highest BCUT2D eigenvalue weighted by Crippen LogP contribution is 2.41. The van der Waals surface area contributed by atoms with Crippen LogP contribution in [0.2, 0.25) is 10.0 Å². The van der Waals surface area contributed by atoms with E-state index in [4.69, 9.17) is 27.6 Å². The maximum absolute atomic E-state index is 12.0. The normalized spacial score (nSPS) is 10.9. The first-order chi connectivity index (χ1) is 14.5. The standard InChI is InChI=1S/C19H12Cl2N4O3S2/c20-11-7-5-10(6-8-11)17(27)23-22-14(26)9-29-19-25-24-18(28-19)16-15(21)12-3-1-2-4-13(12)30-16/h1-8H,9H2,(H,22,26)(H,23,27). The van der Waals surface area contributed by atoms with Crippen LogP contribution in [0.5, 0.6) is 0 Å². The summed E-state index contributed by atoms with van der Waals surface area (Å²) >= 11 is 14.7. The van der Waals surface area contributed by atoms with Crippen molar-refractivity contribution in [2.24, 2.45) is 0 Å². The first-order valence-corrected chi connectivity index (χ1v) is 11.1. The average molecular weight is 479 g/mol. The van der Waals surface area contributed by atoms with Crippen LogP contribution in [0.3, 0.4) is 0 Å². The van der Waals surface area contributed by atoms with E-state index < -0.39 is 11.8 Å². The van der Waals surface area contributed by atoms with Crippen LogP contribution >= 0.6 is 46.3 Å². The van der Waals surface area contributed by atoms with Gasteiger partial charge in [-0.05, 0) is 30.3 Å². The predicted molar refractivity (Wildman–Crippen MR) is 118 cm³/mol. The molecule has 0 radical (unpaired) electrons. The highest BCUT2D eigenvalue weighted by Gasteiger charge is 2.18. The van der Waals surface area contributed by atoms with Crippen LogP contribution in [0.25, 0.3) is 20.9 Å². The molecule has 30 heavy (non-hydrogen) atoms. The van der Waals surface area contributed by atoms with E-state index in [2.05, 4.69) is 21.0 Å². The van der Waals surface area contributed by atoms with Crippen molar-refractivity contribution in [3.63, 3.8) is 0 Å². The number of carbonyl (C=O) groups excluding carboxylic acids is 2. The van der Waals surface area contributed by atoms with Crippen LogP contribution in [0.1, 0.15) is 10.4 Å². The molecule has 2 aromatic heterocycles. The van der Waals surface area contributed by atoms with E-state index in [1.54, 1.807) is 24.3 Å². The minimum Gasteiger partial charge on any atom is -0.410 e. The van der Waals surface area contributed by atoms with Gasteiger partial charge in [-0.25, -0.2) is 0 Å². The van der Waals surface area contributed by atoms with Crippen LogP contribution in [-0.4, -0.2) is 27.8 Å². The third-order valence-corrected chi connectivity index (χ3v) is 6.62. The van der Waals surface area contributed by atoms with Crippen LogP contribution in [0, 0.1) is 0 Å². The number of nitrogens with one attached hydrogen (secondary N) is 2. The molecule has 0 unspecified atom stereocenters. The lowest BCUT2D eigenvalue weighted by Crippen LogP contribution is -2.42. The molecule has 0 saturated carbocycles. The Labute approximate surface area is 188 Å². The maximum Gasteiger partial charge on any atom is 0.277 e. The van der Waals surface area contributed by atoms with Crippen LogP contribution in [-0.2, 0) is 4.79 Å². The summed E-state index contributed by atoms with van der Waals surface area (Å²) in [6.45, 7) is 0. The van der Waals surface area contributed by atoms with Gasteiger partial charge in [-0.2, -0.15) is 0 Å².